The minimum absolute atomic E-state index is 0.178. The predicted molar refractivity (Wildman–Crippen MR) is 95.8 cm³/mol. The van der Waals surface area contributed by atoms with E-state index in [-0.39, 0.29) is 12.5 Å². The summed E-state index contributed by atoms with van der Waals surface area (Å²) in [6.07, 6.45) is -8.48. The van der Waals surface area contributed by atoms with E-state index in [9.17, 15) is 32.2 Å². The Hall–Kier alpha value is -0.460. The van der Waals surface area contributed by atoms with Crippen molar-refractivity contribution in [2.45, 2.75) is 62.4 Å². The molecule has 4 N–H and O–H groups in total. The smallest absolute Gasteiger partial charge is 0.390 e. The minimum atomic E-state index is -4.81. The SMILES string of the molecule is CC1[C@@H](O[C@@H]2C3CO[C@H](C3)C(OS(C)(=O)=O)[C@H]2O)OC(COS(=O)(=O)O)[C@@H](O)[C@@H]1O. The molecular formula is C15H26O13S2. The van der Waals surface area contributed by atoms with E-state index in [2.05, 4.69) is 4.18 Å². The van der Waals surface area contributed by atoms with Crippen molar-refractivity contribution in [1.82, 2.24) is 0 Å². The molecular weight excluding hydrogens is 452 g/mol. The molecule has 2 bridgehead atoms. The van der Waals surface area contributed by atoms with Gasteiger partial charge in [-0.1, -0.05) is 6.92 Å². The number of fused-ring (bicyclic) bond motifs is 2. The molecule has 0 amide bonds. The van der Waals surface area contributed by atoms with Gasteiger partial charge < -0.3 is 29.5 Å². The molecule has 0 aromatic rings. The van der Waals surface area contributed by atoms with E-state index < -0.39 is 82.1 Å². The second kappa shape index (κ2) is 8.82. The van der Waals surface area contributed by atoms with E-state index in [4.69, 9.17) is 22.9 Å². The summed E-state index contributed by atoms with van der Waals surface area (Å²) >= 11 is 0. The zero-order chi connectivity index (χ0) is 22.4. The number of rotatable bonds is 7. The average molecular weight is 478 g/mol. The number of hydrogen-bond donors (Lipinski definition) is 4. The van der Waals surface area contributed by atoms with Crippen LogP contribution in [0.1, 0.15) is 13.3 Å². The van der Waals surface area contributed by atoms with Gasteiger partial charge in [0.25, 0.3) is 10.1 Å². The van der Waals surface area contributed by atoms with Crippen LogP contribution >= 0.6 is 0 Å². The van der Waals surface area contributed by atoms with Crippen molar-refractivity contribution in [2.75, 3.05) is 19.5 Å². The fourth-order valence-electron chi connectivity index (χ4n) is 4.01. The van der Waals surface area contributed by atoms with Gasteiger partial charge in [-0.3, -0.25) is 8.74 Å². The van der Waals surface area contributed by atoms with Crippen LogP contribution in [0.5, 0.6) is 0 Å². The molecule has 3 fully saturated rings. The van der Waals surface area contributed by atoms with Crippen molar-refractivity contribution in [3.8, 4) is 0 Å². The maximum absolute atomic E-state index is 11.5. The van der Waals surface area contributed by atoms with Crippen molar-refractivity contribution >= 4 is 20.5 Å². The van der Waals surface area contributed by atoms with Crippen molar-refractivity contribution in [1.29, 1.82) is 0 Å². The van der Waals surface area contributed by atoms with Crippen molar-refractivity contribution in [3.63, 3.8) is 0 Å². The molecule has 1 aliphatic carbocycles. The highest BCUT2D eigenvalue weighted by atomic mass is 32.3. The Balaban J connectivity index is 1.74. The van der Waals surface area contributed by atoms with Crippen molar-refractivity contribution in [3.05, 3.63) is 0 Å². The Bertz CT molecular complexity index is 814. The second-order valence-corrected chi connectivity index (χ2v) is 10.5. The maximum Gasteiger partial charge on any atom is 0.397 e. The van der Waals surface area contributed by atoms with Crippen molar-refractivity contribution < 1.29 is 59.3 Å². The molecule has 4 unspecified atom stereocenters. The van der Waals surface area contributed by atoms with Gasteiger partial charge in [-0.2, -0.15) is 16.8 Å². The molecule has 2 heterocycles. The van der Waals surface area contributed by atoms with Crippen LogP contribution in [0.3, 0.4) is 0 Å². The van der Waals surface area contributed by atoms with E-state index in [0.717, 1.165) is 6.26 Å². The lowest BCUT2D eigenvalue weighted by Crippen LogP contribution is -2.59. The first-order valence-electron chi connectivity index (χ1n) is 9.23. The second-order valence-electron chi connectivity index (χ2n) is 7.82. The molecule has 3 aliphatic rings. The van der Waals surface area contributed by atoms with Crippen LogP contribution in [0.15, 0.2) is 0 Å². The molecule has 3 rings (SSSR count). The fourth-order valence-corrected chi connectivity index (χ4v) is 4.96. The minimum Gasteiger partial charge on any atom is -0.390 e. The van der Waals surface area contributed by atoms with Gasteiger partial charge in [0, 0.05) is 11.8 Å². The molecule has 15 heteroatoms. The van der Waals surface area contributed by atoms with E-state index in [1.807, 2.05) is 0 Å². The first-order valence-corrected chi connectivity index (χ1v) is 12.4. The van der Waals surface area contributed by atoms with Gasteiger partial charge >= 0.3 is 10.4 Å². The molecule has 0 spiro atoms. The van der Waals surface area contributed by atoms with Crippen LogP contribution in [0.2, 0.25) is 0 Å². The van der Waals surface area contributed by atoms with Crippen LogP contribution in [0, 0.1) is 11.8 Å². The predicted octanol–water partition coefficient (Wildman–Crippen LogP) is -2.60. The van der Waals surface area contributed by atoms with E-state index >= 15 is 0 Å². The van der Waals surface area contributed by atoms with Crippen LogP contribution in [0.25, 0.3) is 0 Å². The number of hydrogen-bond acceptors (Lipinski definition) is 12. The number of aliphatic hydroxyl groups excluding tert-OH is 3. The summed E-state index contributed by atoms with van der Waals surface area (Å²) in [5.74, 6) is -1.11. The monoisotopic (exact) mass is 478 g/mol. The van der Waals surface area contributed by atoms with Gasteiger partial charge in [0.2, 0.25) is 0 Å². The van der Waals surface area contributed by atoms with Crippen LogP contribution in [-0.2, 0) is 43.1 Å². The van der Waals surface area contributed by atoms with E-state index in [0.29, 0.717) is 6.42 Å². The first-order chi connectivity index (χ1) is 13.8. The molecule has 2 saturated heterocycles. The lowest BCUT2D eigenvalue weighted by atomic mass is 9.83. The van der Waals surface area contributed by atoms with Gasteiger partial charge in [-0.15, -0.1) is 0 Å². The molecule has 176 valence electrons. The number of ether oxygens (including phenoxy) is 3. The molecule has 13 nitrogen and oxygen atoms in total. The Morgan fingerprint density at radius 2 is 1.70 bits per heavy atom. The molecule has 0 radical (unpaired) electrons. The normalized spacial score (nSPS) is 44.9. The van der Waals surface area contributed by atoms with E-state index in [1.165, 1.54) is 6.92 Å². The summed E-state index contributed by atoms with van der Waals surface area (Å²) in [6, 6.07) is 0. The van der Waals surface area contributed by atoms with Gasteiger partial charge in [0.05, 0.1) is 37.8 Å². The number of aliphatic hydroxyl groups is 3. The van der Waals surface area contributed by atoms with Gasteiger partial charge in [-0.05, 0) is 6.42 Å². The molecule has 0 aromatic carbocycles. The molecule has 0 aromatic heterocycles. The molecule has 10 atom stereocenters. The maximum atomic E-state index is 11.5. The lowest BCUT2D eigenvalue weighted by Gasteiger charge is -2.44. The lowest BCUT2D eigenvalue weighted by molar-refractivity contribution is -0.308. The largest absolute Gasteiger partial charge is 0.397 e. The molecule has 2 aliphatic heterocycles. The third kappa shape index (κ3) is 5.47. The van der Waals surface area contributed by atoms with Gasteiger partial charge in [-0.25, -0.2) is 4.18 Å². The third-order valence-electron chi connectivity index (χ3n) is 5.53. The summed E-state index contributed by atoms with van der Waals surface area (Å²) in [4.78, 5) is 0. The topological polar surface area (TPSA) is 195 Å². The average Bonchev–Trinajstić information content (AvgIpc) is 3.06. The summed E-state index contributed by atoms with van der Waals surface area (Å²) < 4.78 is 79.5. The highest BCUT2D eigenvalue weighted by Crippen LogP contribution is 2.40. The fraction of sp³-hybridized carbons (Fsp3) is 1.00. The Morgan fingerprint density at radius 3 is 2.30 bits per heavy atom. The van der Waals surface area contributed by atoms with Crippen LogP contribution in [-0.4, -0.2) is 105 Å². The first kappa shape index (κ1) is 24.2. The summed E-state index contributed by atoms with van der Waals surface area (Å²) in [5.41, 5.74) is 0. The Kier molecular flexibility index (Phi) is 7.11. The third-order valence-corrected chi connectivity index (χ3v) is 6.54. The van der Waals surface area contributed by atoms with E-state index in [1.54, 1.807) is 0 Å². The standard InChI is InChI=1S/C15H26O13S2/c1-6-10(16)11(17)9(5-25-30(21,22)23)26-15(6)27-13-7-3-8(24-4-7)14(12(13)18)28-29(2,19)20/h6-18H,3-5H2,1-2H3,(H,21,22,23)/t6?,7?,8-,9?,10-,11-,12+,13-,14?,15-/m1/s1. The zero-order valence-electron chi connectivity index (χ0n) is 16.2. The van der Waals surface area contributed by atoms with Crippen molar-refractivity contribution in [2.24, 2.45) is 11.8 Å². The van der Waals surface area contributed by atoms with Gasteiger partial charge in [0.1, 0.15) is 24.4 Å². The molecule has 1 saturated carbocycles. The Labute approximate surface area is 173 Å². The van der Waals surface area contributed by atoms with Crippen LogP contribution < -0.4 is 0 Å². The quantitative estimate of drug-likeness (QED) is 0.220. The zero-order valence-corrected chi connectivity index (χ0v) is 17.8. The summed E-state index contributed by atoms with van der Waals surface area (Å²) in [5, 5.41) is 31.1. The van der Waals surface area contributed by atoms with Gasteiger partial charge in [0.15, 0.2) is 6.29 Å². The molecule has 30 heavy (non-hydrogen) atoms. The summed E-state index contributed by atoms with van der Waals surface area (Å²) in [7, 11) is -8.70. The summed E-state index contributed by atoms with van der Waals surface area (Å²) in [6.45, 7) is 0.898. The Morgan fingerprint density at radius 1 is 1.03 bits per heavy atom. The highest BCUT2D eigenvalue weighted by Gasteiger charge is 2.53. The highest BCUT2D eigenvalue weighted by molar-refractivity contribution is 7.86. The van der Waals surface area contributed by atoms with Crippen LogP contribution in [0.4, 0.5) is 0 Å².